The molecule has 0 atom stereocenters. The SMILES string of the molecule is CCONC(=O)C(=Cc1ccc(OC(F)(F)F)cc1)NC(=O)c1ccc(OCC2CC2)cc1. The number of carbonyl (C=O) groups is 2. The maximum atomic E-state index is 12.7. The van der Waals surface area contributed by atoms with Gasteiger partial charge in [0.15, 0.2) is 0 Å². The number of halogens is 3. The van der Waals surface area contributed by atoms with Crippen molar-refractivity contribution in [1.82, 2.24) is 10.8 Å². The Bertz CT molecular complexity index is 985. The quantitative estimate of drug-likeness (QED) is 0.406. The number of carbonyl (C=O) groups excluding carboxylic acids is 2. The van der Waals surface area contributed by atoms with Crippen LogP contribution in [0, 0.1) is 5.92 Å². The van der Waals surface area contributed by atoms with Crippen molar-refractivity contribution in [2.24, 2.45) is 5.92 Å². The average Bonchev–Trinajstić information content (AvgIpc) is 3.60. The van der Waals surface area contributed by atoms with E-state index in [1.54, 1.807) is 31.2 Å². The lowest BCUT2D eigenvalue weighted by atomic mass is 10.1. The highest BCUT2D eigenvalue weighted by atomic mass is 19.4. The molecule has 2 amide bonds. The lowest BCUT2D eigenvalue weighted by Gasteiger charge is -2.12. The summed E-state index contributed by atoms with van der Waals surface area (Å²) in [6.45, 7) is 2.50. The van der Waals surface area contributed by atoms with Crippen molar-refractivity contribution < 1.29 is 37.1 Å². The molecule has 7 nitrogen and oxygen atoms in total. The molecule has 10 heteroatoms. The first-order chi connectivity index (χ1) is 15.7. The molecule has 0 saturated heterocycles. The fourth-order valence-electron chi connectivity index (χ4n) is 2.68. The second-order valence-electron chi connectivity index (χ2n) is 7.27. The Morgan fingerprint density at radius 1 is 1.03 bits per heavy atom. The smallest absolute Gasteiger partial charge is 0.493 e. The monoisotopic (exact) mass is 464 g/mol. The maximum absolute atomic E-state index is 12.7. The molecule has 176 valence electrons. The van der Waals surface area contributed by atoms with Crippen LogP contribution in [0.1, 0.15) is 35.7 Å². The van der Waals surface area contributed by atoms with E-state index in [9.17, 15) is 22.8 Å². The highest BCUT2D eigenvalue weighted by Crippen LogP contribution is 2.29. The molecule has 1 saturated carbocycles. The lowest BCUT2D eigenvalue weighted by molar-refractivity contribution is -0.274. The normalized spacial score (nSPS) is 13.9. The zero-order valence-corrected chi connectivity index (χ0v) is 17.8. The van der Waals surface area contributed by atoms with Crippen molar-refractivity contribution in [3.8, 4) is 11.5 Å². The lowest BCUT2D eigenvalue weighted by Crippen LogP contribution is -2.34. The van der Waals surface area contributed by atoms with E-state index < -0.39 is 23.9 Å². The molecule has 1 aliphatic rings. The Hall–Kier alpha value is -3.53. The number of hydroxylamine groups is 1. The summed E-state index contributed by atoms with van der Waals surface area (Å²) in [4.78, 5) is 30.0. The number of amides is 2. The molecule has 3 rings (SSSR count). The third kappa shape index (κ3) is 8.15. The Morgan fingerprint density at radius 3 is 2.24 bits per heavy atom. The van der Waals surface area contributed by atoms with Crippen molar-refractivity contribution in [3.63, 3.8) is 0 Å². The molecule has 1 fully saturated rings. The minimum Gasteiger partial charge on any atom is -0.493 e. The van der Waals surface area contributed by atoms with E-state index in [1.165, 1.54) is 18.2 Å². The summed E-state index contributed by atoms with van der Waals surface area (Å²) in [5, 5.41) is 2.50. The first kappa shape index (κ1) is 24.1. The van der Waals surface area contributed by atoms with Crippen LogP contribution < -0.4 is 20.3 Å². The summed E-state index contributed by atoms with van der Waals surface area (Å²) in [6, 6.07) is 11.3. The van der Waals surface area contributed by atoms with Gasteiger partial charge in [-0.2, -0.15) is 0 Å². The summed E-state index contributed by atoms with van der Waals surface area (Å²) in [5.74, 6) is -0.458. The molecule has 1 aliphatic carbocycles. The predicted octanol–water partition coefficient (Wildman–Crippen LogP) is 4.21. The van der Waals surface area contributed by atoms with Crippen LogP contribution in [0.5, 0.6) is 11.5 Å². The minimum absolute atomic E-state index is 0.160. The van der Waals surface area contributed by atoms with Crippen LogP contribution in [0.25, 0.3) is 6.08 Å². The summed E-state index contributed by atoms with van der Waals surface area (Å²) < 4.78 is 46.5. The van der Waals surface area contributed by atoms with Gasteiger partial charge in [0.1, 0.15) is 17.2 Å². The van der Waals surface area contributed by atoms with E-state index in [1.807, 2.05) is 0 Å². The molecule has 33 heavy (non-hydrogen) atoms. The predicted molar refractivity (Wildman–Crippen MR) is 113 cm³/mol. The average molecular weight is 464 g/mol. The van der Waals surface area contributed by atoms with Gasteiger partial charge in [-0.3, -0.25) is 14.4 Å². The summed E-state index contributed by atoms with van der Waals surface area (Å²) in [5.41, 5.74) is 2.67. The second-order valence-corrected chi connectivity index (χ2v) is 7.27. The van der Waals surface area contributed by atoms with Crippen molar-refractivity contribution >= 4 is 17.9 Å². The van der Waals surface area contributed by atoms with E-state index in [4.69, 9.17) is 9.57 Å². The van der Waals surface area contributed by atoms with Crippen LogP contribution in [-0.2, 0) is 9.63 Å². The van der Waals surface area contributed by atoms with E-state index in [-0.39, 0.29) is 17.9 Å². The van der Waals surface area contributed by atoms with Gasteiger partial charge >= 0.3 is 6.36 Å². The molecule has 2 aromatic carbocycles. The van der Waals surface area contributed by atoms with Gasteiger partial charge in [0.25, 0.3) is 11.8 Å². The molecule has 0 unspecified atom stereocenters. The summed E-state index contributed by atoms with van der Waals surface area (Å²) in [6.07, 6.45) is -1.18. The number of benzene rings is 2. The van der Waals surface area contributed by atoms with Crippen molar-refractivity contribution in [3.05, 3.63) is 65.4 Å². The molecule has 2 aromatic rings. The van der Waals surface area contributed by atoms with Crippen LogP contribution in [0.4, 0.5) is 13.2 Å². The van der Waals surface area contributed by atoms with Gasteiger partial charge < -0.3 is 14.8 Å². The zero-order chi connectivity index (χ0) is 23.8. The molecular formula is C23H23F3N2O5. The summed E-state index contributed by atoms with van der Waals surface area (Å²) in [7, 11) is 0. The van der Waals surface area contributed by atoms with Crippen molar-refractivity contribution in [2.45, 2.75) is 26.1 Å². The Labute approximate surface area is 188 Å². The van der Waals surface area contributed by atoms with E-state index in [0.29, 0.717) is 23.8 Å². The van der Waals surface area contributed by atoms with Gasteiger partial charge in [0, 0.05) is 5.56 Å². The van der Waals surface area contributed by atoms with Crippen molar-refractivity contribution in [2.75, 3.05) is 13.2 Å². The van der Waals surface area contributed by atoms with Gasteiger partial charge in [0.05, 0.1) is 13.2 Å². The Morgan fingerprint density at radius 2 is 1.67 bits per heavy atom. The fraction of sp³-hybridized carbons (Fsp3) is 0.304. The molecule has 2 N–H and O–H groups in total. The first-order valence-corrected chi connectivity index (χ1v) is 10.3. The number of alkyl halides is 3. The fourth-order valence-corrected chi connectivity index (χ4v) is 2.68. The van der Waals surface area contributed by atoms with Gasteiger partial charge in [0.2, 0.25) is 0 Å². The third-order valence-electron chi connectivity index (χ3n) is 4.53. The van der Waals surface area contributed by atoms with Gasteiger partial charge in [-0.15, -0.1) is 13.2 Å². The van der Waals surface area contributed by atoms with Gasteiger partial charge in [-0.1, -0.05) is 12.1 Å². The van der Waals surface area contributed by atoms with Crippen LogP contribution >= 0.6 is 0 Å². The topological polar surface area (TPSA) is 85.9 Å². The highest BCUT2D eigenvalue weighted by molar-refractivity contribution is 6.05. The largest absolute Gasteiger partial charge is 0.573 e. The van der Waals surface area contributed by atoms with E-state index in [2.05, 4.69) is 15.5 Å². The molecule has 0 radical (unpaired) electrons. The van der Waals surface area contributed by atoms with Gasteiger partial charge in [-0.25, -0.2) is 5.48 Å². The number of rotatable bonds is 10. The van der Waals surface area contributed by atoms with Crippen LogP contribution in [0.3, 0.4) is 0 Å². The molecule has 0 spiro atoms. The minimum atomic E-state index is -4.81. The van der Waals surface area contributed by atoms with Crippen LogP contribution in [0.2, 0.25) is 0 Å². The Kier molecular flexibility index (Phi) is 7.94. The highest BCUT2D eigenvalue weighted by Gasteiger charge is 2.31. The molecule has 0 heterocycles. The molecule has 0 aromatic heterocycles. The van der Waals surface area contributed by atoms with Crippen LogP contribution in [0.15, 0.2) is 54.2 Å². The Balaban J connectivity index is 1.71. The zero-order valence-electron chi connectivity index (χ0n) is 17.8. The second kappa shape index (κ2) is 10.9. The van der Waals surface area contributed by atoms with Crippen LogP contribution in [-0.4, -0.2) is 31.4 Å². The molecular weight excluding hydrogens is 441 g/mol. The number of ether oxygens (including phenoxy) is 2. The molecule has 0 aliphatic heterocycles. The third-order valence-corrected chi connectivity index (χ3v) is 4.53. The summed E-state index contributed by atoms with van der Waals surface area (Å²) >= 11 is 0. The van der Waals surface area contributed by atoms with E-state index in [0.717, 1.165) is 25.0 Å². The van der Waals surface area contributed by atoms with Crippen molar-refractivity contribution in [1.29, 1.82) is 0 Å². The number of hydrogen-bond acceptors (Lipinski definition) is 5. The molecule has 0 bridgehead atoms. The maximum Gasteiger partial charge on any atom is 0.573 e. The first-order valence-electron chi connectivity index (χ1n) is 10.3. The van der Waals surface area contributed by atoms with Gasteiger partial charge in [-0.05, 0) is 73.7 Å². The van der Waals surface area contributed by atoms with E-state index >= 15 is 0 Å². The number of hydrogen-bond donors (Lipinski definition) is 2. The number of nitrogens with one attached hydrogen (secondary N) is 2. The standard InChI is InChI=1S/C23H23F3N2O5/c1-2-32-28-22(30)20(13-15-5-9-19(10-6-15)33-23(24,25)26)27-21(29)17-7-11-18(12-8-17)31-14-16-3-4-16/h5-13,16H,2-4,14H2,1H3,(H,27,29)(H,28,30).